The smallest absolute Gasteiger partial charge is 0.328 e. The average Bonchev–Trinajstić information content (AvgIpc) is 2.74. The van der Waals surface area contributed by atoms with Crippen molar-refractivity contribution in [1.29, 1.82) is 0 Å². The molecule has 0 aliphatic carbocycles. The van der Waals surface area contributed by atoms with Gasteiger partial charge in [-0.15, -0.1) is 0 Å². The summed E-state index contributed by atoms with van der Waals surface area (Å²) in [5, 5.41) is 0.525. The highest BCUT2D eigenvalue weighted by Crippen LogP contribution is 2.21. The Morgan fingerprint density at radius 2 is 1.87 bits per heavy atom. The molecular formula is C22H26N6O3. The monoisotopic (exact) mass is 422 g/mol. The normalized spacial score (nSPS) is 14.8. The molecule has 9 heteroatoms. The minimum Gasteiger partial charge on any atom is -0.368 e. The van der Waals surface area contributed by atoms with Crippen LogP contribution in [0.25, 0.3) is 10.9 Å². The second-order valence-corrected chi connectivity index (χ2v) is 7.79. The maximum absolute atomic E-state index is 12.4. The predicted molar refractivity (Wildman–Crippen MR) is 119 cm³/mol. The molecule has 2 aromatic heterocycles. The van der Waals surface area contributed by atoms with Crippen LogP contribution in [0, 0.1) is 6.92 Å². The van der Waals surface area contributed by atoms with Crippen LogP contribution in [0.5, 0.6) is 0 Å². The quantitative estimate of drug-likeness (QED) is 0.629. The number of aromatic amines is 1. The first-order chi connectivity index (χ1) is 14.9. The van der Waals surface area contributed by atoms with Crippen molar-refractivity contribution in [1.82, 2.24) is 19.4 Å². The number of amides is 1. The lowest BCUT2D eigenvalue weighted by Gasteiger charge is -2.36. The molecule has 3 N–H and O–H groups in total. The third kappa shape index (κ3) is 4.09. The van der Waals surface area contributed by atoms with Crippen LogP contribution in [0.1, 0.15) is 28.7 Å². The highest BCUT2D eigenvalue weighted by Gasteiger charge is 2.20. The van der Waals surface area contributed by atoms with Gasteiger partial charge in [-0.25, -0.2) is 9.78 Å². The number of piperazine rings is 1. The van der Waals surface area contributed by atoms with Gasteiger partial charge in [-0.2, -0.15) is 0 Å². The van der Waals surface area contributed by atoms with Crippen molar-refractivity contribution in [2.24, 2.45) is 5.73 Å². The Labute approximate surface area is 179 Å². The molecule has 9 nitrogen and oxygen atoms in total. The number of carbonyl (C=O) groups is 1. The van der Waals surface area contributed by atoms with E-state index in [1.54, 1.807) is 19.1 Å². The lowest BCUT2D eigenvalue weighted by atomic mass is 10.1. The summed E-state index contributed by atoms with van der Waals surface area (Å²) in [6, 6.07) is 9.20. The Morgan fingerprint density at radius 1 is 1.13 bits per heavy atom. The molecule has 1 saturated heterocycles. The van der Waals surface area contributed by atoms with E-state index >= 15 is 0 Å². The van der Waals surface area contributed by atoms with Crippen LogP contribution in [0.3, 0.4) is 0 Å². The molecule has 0 saturated carbocycles. The van der Waals surface area contributed by atoms with E-state index in [0.717, 1.165) is 49.7 Å². The van der Waals surface area contributed by atoms with E-state index in [1.165, 1.54) is 4.57 Å². The van der Waals surface area contributed by atoms with Gasteiger partial charge in [0.15, 0.2) is 0 Å². The Kier molecular flexibility index (Phi) is 5.60. The molecule has 1 aliphatic heterocycles. The van der Waals surface area contributed by atoms with E-state index in [0.29, 0.717) is 17.4 Å². The van der Waals surface area contributed by atoms with Crippen molar-refractivity contribution in [3.63, 3.8) is 0 Å². The Bertz CT molecular complexity index is 1250. The van der Waals surface area contributed by atoms with Gasteiger partial charge in [0.1, 0.15) is 5.69 Å². The van der Waals surface area contributed by atoms with Gasteiger partial charge >= 0.3 is 5.69 Å². The fraction of sp³-hybridized carbons (Fsp3) is 0.364. The standard InChI is InChI=1S/C22H26N6O3/c1-3-28-21(30)16-5-4-15(12-18(16)25-22(28)31)13-26-8-10-27(11-9-26)19-7-6-17(20(23)29)24-14(19)2/h4-7,12H,3,8-11,13H2,1-2H3,(H2,23,29)(H,25,31). The zero-order chi connectivity index (χ0) is 22.1. The summed E-state index contributed by atoms with van der Waals surface area (Å²) < 4.78 is 1.20. The van der Waals surface area contributed by atoms with Crippen LogP contribution in [0.2, 0.25) is 0 Å². The van der Waals surface area contributed by atoms with Gasteiger partial charge in [0, 0.05) is 39.3 Å². The molecule has 3 aromatic rings. The summed E-state index contributed by atoms with van der Waals surface area (Å²) in [7, 11) is 0. The third-order valence-corrected chi connectivity index (χ3v) is 5.79. The number of rotatable bonds is 5. The molecule has 0 atom stereocenters. The number of benzene rings is 1. The Balaban J connectivity index is 1.45. The number of H-pyrrole nitrogens is 1. The zero-order valence-corrected chi connectivity index (χ0v) is 17.7. The number of pyridine rings is 1. The number of nitrogens with one attached hydrogen (secondary N) is 1. The molecule has 0 radical (unpaired) electrons. The zero-order valence-electron chi connectivity index (χ0n) is 17.7. The molecule has 1 aromatic carbocycles. The van der Waals surface area contributed by atoms with Gasteiger partial charge in [0.2, 0.25) is 0 Å². The minimum atomic E-state index is -0.523. The molecule has 0 spiro atoms. The van der Waals surface area contributed by atoms with Gasteiger partial charge in [-0.05, 0) is 43.7 Å². The fourth-order valence-electron chi connectivity index (χ4n) is 4.12. The molecule has 1 amide bonds. The number of carbonyl (C=O) groups excluding carboxylic acids is 1. The summed E-state index contributed by atoms with van der Waals surface area (Å²) in [4.78, 5) is 47.6. The molecule has 0 unspecified atom stereocenters. The number of nitrogens with zero attached hydrogens (tertiary/aromatic N) is 4. The number of anilines is 1. The largest absolute Gasteiger partial charge is 0.368 e. The van der Waals surface area contributed by atoms with Crippen LogP contribution in [-0.4, -0.2) is 51.5 Å². The number of primary amides is 1. The molecule has 0 bridgehead atoms. The van der Waals surface area contributed by atoms with E-state index in [4.69, 9.17) is 5.73 Å². The second kappa shape index (κ2) is 8.35. The predicted octanol–water partition coefficient (Wildman–Crippen LogP) is 0.834. The molecule has 1 aliphatic rings. The van der Waals surface area contributed by atoms with Crippen molar-refractivity contribution in [3.8, 4) is 0 Å². The van der Waals surface area contributed by atoms with Crippen LogP contribution in [0.15, 0.2) is 39.9 Å². The molecule has 1 fully saturated rings. The first-order valence-electron chi connectivity index (χ1n) is 10.4. The van der Waals surface area contributed by atoms with E-state index < -0.39 is 5.91 Å². The van der Waals surface area contributed by atoms with Crippen molar-refractivity contribution >= 4 is 22.5 Å². The van der Waals surface area contributed by atoms with E-state index in [2.05, 4.69) is 19.8 Å². The summed E-state index contributed by atoms with van der Waals surface area (Å²) in [5.74, 6) is -0.523. The summed E-state index contributed by atoms with van der Waals surface area (Å²) in [6.45, 7) is 8.15. The topological polar surface area (TPSA) is 117 Å². The van der Waals surface area contributed by atoms with Gasteiger partial charge in [0.25, 0.3) is 11.5 Å². The van der Waals surface area contributed by atoms with E-state index in [-0.39, 0.29) is 16.9 Å². The molecule has 162 valence electrons. The van der Waals surface area contributed by atoms with Gasteiger partial charge < -0.3 is 15.6 Å². The highest BCUT2D eigenvalue weighted by molar-refractivity contribution is 5.91. The van der Waals surface area contributed by atoms with Crippen molar-refractivity contribution in [2.45, 2.75) is 26.9 Å². The summed E-state index contributed by atoms with van der Waals surface area (Å²) in [5.41, 5.74) is 8.38. The average molecular weight is 422 g/mol. The Morgan fingerprint density at radius 3 is 2.52 bits per heavy atom. The number of hydrogen-bond donors (Lipinski definition) is 2. The summed E-state index contributed by atoms with van der Waals surface area (Å²) >= 11 is 0. The molecule has 31 heavy (non-hydrogen) atoms. The lowest BCUT2D eigenvalue weighted by molar-refractivity contribution is 0.0995. The second-order valence-electron chi connectivity index (χ2n) is 7.79. The molecule has 3 heterocycles. The first-order valence-corrected chi connectivity index (χ1v) is 10.4. The van der Waals surface area contributed by atoms with E-state index in [9.17, 15) is 14.4 Å². The van der Waals surface area contributed by atoms with E-state index in [1.807, 2.05) is 25.1 Å². The fourth-order valence-corrected chi connectivity index (χ4v) is 4.12. The minimum absolute atomic E-state index is 0.257. The van der Waals surface area contributed by atoms with Crippen LogP contribution in [0.4, 0.5) is 5.69 Å². The summed E-state index contributed by atoms with van der Waals surface area (Å²) in [6.07, 6.45) is 0. The molecular weight excluding hydrogens is 396 g/mol. The third-order valence-electron chi connectivity index (χ3n) is 5.79. The number of aromatic nitrogens is 3. The SMILES string of the molecule is CCn1c(=O)[nH]c2cc(CN3CCN(c4ccc(C(N)=O)nc4C)CC3)ccc2c1=O. The maximum atomic E-state index is 12.4. The number of fused-ring (bicyclic) bond motifs is 1. The van der Waals surface area contributed by atoms with Crippen LogP contribution in [-0.2, 0) is 13.1 Å². The van der Waals surface area contributed by atoms with Crippen molar-refractivity contribution < 1.29 is 4.79 Å². The molecule has 4 rings (SSSR count). The van der Waals surface area contributed by atoms with Gasteiger partial charge in [-0.1, -0.05) is 6.07 Å². The van der Waals surface area contributed by atoms with Crippen molar-refractivity contribution in [3.05, 3.63) is 68.1 Å². The van der Waals surface area contributed by atoms with Crippen LogP contribution >= 0.6 is 0 Å². The van der Waals surface area contributed by atoms with Gasteiger partial charge in [0.05, 0.1) is 22.3 Å². The number of aryl methyl sites for hydroxylation is 1. The van der Waals surface area contributed by atoms with Crippen molar-refractivity contribution in [2.75, 3.05) is 31.1 Å². The number of hydrogen-bond acceptors (Lipinski definition) is 6. The maximum Gasteiger partial charge on any atom is 0.328 e. The lowest BCUT2D eigenvalue weighted by Crippen LogP contribution is -2.46. The Hall–Kier alpha value is -3.46. The highest BCUT2D eigenvalue weighted by atomic mass is 16.2. The van der Waals surface area contributed by atoms with Gasteiger partial charge in [-0.3, -0.25) is 19.1 Å². The van der Waals surface area contributed by atoms with Crippen LogP contribution < -0.4 is 21.9 Å². The number of nitrogens with two attached hydrogens (primary N) is 1. The first kappa shape index (κ1) is 20.8.